The van der Waals surface area contributed by atoms with Gasteiger partial charge in [0.15, 0.2) is 0 Å². The van der Waals surface area contributed by atoms with E-state index in [9.17, 15) is 0 Å². The molecular weight excluding hydrogens is 182 g/mol. The highest BCUT2D eigenvalue weighted by Crippen LogP contribution is 2.24. The Kier molecular flexibility index (Phi) is 3.84. The van der Waals surface area contributed by atoms with Crippen LogP contribution in [-0.4, -0.2) is 4.98 Å². The van der Waals surface area contributed by atoms with Crippen LogP contribution in [0.15, 0.2) is 5.38 Å². The summed E-state index contributed by atoms with van der Waals surface area (Å²) in [4.78, 5) is 4.43. The molecule has 3 nitrogen and oxygen atoms in total. The maximum Gasteiger partial charge on any atom is 0.0898 e. The lowest BCUT2D eigenvalue weighted by Gasteiger charge is -2.19. The number of hydrogen-bond donors (Lipinski definition) is 2. The second kappa shape index (κ2) is 4.69. The van der Waals surface area contributed by atoms with Crippen molar-refractivity contribution >= 4 is 11.3 Å². The van der Waals surface area contributed by atoms with E-state index in [1.54, 1.807) is 11.3 Å². The fourth-order valence-corrected chi connectivity index (χ4v) is 1.95. The van der Waals surface area contributed by atoms with E-state index in [0.29, 0.717) is 5.92 Å². The zero-order valence-corrected chi connectivity index (χ0v) is 9.19. The molecule has 0 amide bonds. The van der Waals surface area contributed by atoms with Gasteiger partial charge in [-0.3, -0.25) is 11.3 Å². The molecule has 2 atom stereocenters. The van der Waals surface area contributed by atoms with Gasteiger partial charge in [-0.1, -0.05) is 20.3 Å². The Morgan fingerprint density at radius 1 is 1.69 bits per heavy atom. The normalized spacial score (nSPS) is 15.7. The summed E-state index contributed by atoms with van der Waals surface area (Å²) in [6.45, 7) is 6.35. The van der Waals surface area contributed by atoms with Crippen molar-refractivity contribution in [3.8, 4) is 0 Å². The largest absolute Gasteiger partial charge is 0.271 e. The predicted molar refractivity (Wildman–Crippen MR) is 56.4 cm³/mol. The summed E-state index contributed by atoms with van der Waals surface area (Å²) in [7, 11) is 0. The number of hydrazine groups is 1. The summed E-state index contributed by atoms with van der Waals surface area (Å²) in [5.74, 6) is 6.03. The van der Waals surface area contributed by atoms with Gasteiger partial charge in [0.1, 0.15) is 0 Å². The number of thiazole rings is 1. The molecule has 4 heteroatoms. The number of nitrogens with two attached hydrogens (primary N) is 1. The van der Waals surface area contributed by atoms with Crippen molar-refractivity contribution in [2.45, 2.75) is 33.2 Å². The zero-order chi connectivity index (χ0) is 9.84. The van der Waals surface area contributed by atoms with Crippen molar-refractivity contribution in [1.82, 2.24) is 10.4 Å². The molecule has 1 rings (SSSR count). The first-order valence-corrected chi connectivity index (χ1v) is 5.45. The minimum atomic E-state index is 0.190. The van der Waals surface area contributed by atoms with Crippen LogP contribution in [-0.2, 0) is 0 Å². The summed E-state index contributed by atoms with van der Waals surface area (Å²) in [5, 5.41) is 3.17. The van der Waals surface area contributed by atoms with Crippen molar-refractivity contribution in [2.24, 2.45) is 11.8 Å². The van der Waals surface area contributed by atoms with Gasteiger partial charge in [-0.25, -0.2) is 4.98 Å². The van der Waals surface area contributed by atoms with Crippen molar-refractivity contribution < 1.29 is 0 Å². The molecule has 0 aliphatic carbocycles. The monoisotopic (exact) mass is 199 g/mol. The third-order valence-electron chi connectivity index (χ3n) is 2.35. The van der Waals surface area contributed by atoms with E-state index >= 15 is 0 Å². The van der Waals surface area contributed by atoms with Crippen molar-refractivity contribution in [2.75, 3.05) is 0 Å². The van der Waals surface area contributed by atoms with Crippen LogP contribution >= 0.6 is 11.3 Å². The predicted octanol–water partition coefficient (Wildman–Crippen LogP) is 2.00. The van der Waals surface area contributed by atoms with Crippen LogP contribution in [0.4, 0.5) is 0 Å². The van der Waals surface area contributed by atoms with E-state index in [4.69, 9.17) is 5.84 Å². The third-order valence-corrected chi connectivity index (χ3v) is 3.14. The van der Waals surface area contributed by atoms with Crippen LogP contribution in [0, 0.1) is 12.8 Å². The lowest BCUT2D eigenvalue weighted by Crippen LogP contribution is -2.32. The molecular formula is C9H17N3S. The number of rotatable bonds is 4. The van der Waals surface area contributed by atoms with E-state index in [2.05, 4.69) is 29.6 Å². The Labute approximate surface area is 83.3 Å². The molecule has 0 radical (unpaired) electrons. The minimum absolute atomic E-state index is 0.190. The molecule has 1 aromatic heterocycles. The highest BCUT2D eigenvalue weighted by molar-refractivity contribution is 7.09. The van der Waals surface area contributed by atoms with Gasteiger partial charge in [-0.15, -0.1) is 11.3 Å². The van der Waals surface area contributed by atoms with Gasteiger partial charge in [0.25, 0.3) is 0 Å². The van der Waals surface area contributed by atoms with Crippen molar-refractivity contribution in [3.63, 3.8) is 0 Å². The Morgan fingerprint density at radius 2 is 2.38 bits per heavy atom. The van der Waals surface area contributed by atoms with Gasteiger partial charge in [0, 0.05) is 5.38 Å². The quantitative estimate of drug-likeness (QED) is 0.576. The number of nitrogens with zero attached hydrogens (tertiary/aromatic N) is 1. The number of hydrogen-bond acceptors (Lipinski definition) is 4. The van der Waals surface area contributed by atoms with Crippen molar-refractivity contribution in [1.29, 1.82) is 0 Å². The summed E-state index contributed by atoms with van der Waals surface area (Å²) in [6.07, 6.45) is 1.10. The fraction of sp³-hybridized carbons (Fsp3) is 0.667. The molecule has 0 aliphatic rings. The molecule has 0 bridgehead atoms. The summed E-state index contributed by atoms with van der Waals surface area (Å²) < 4.78 is 0. The molecule has 0 aromatic carbocycles. The molecule has 13 heavy (non-hydrogen) atoms. The maximum atomic E-state index is 5.51. The van der Waals surface area contributed by atoms with E-state index in [1.807, 2.05) is 6.92 Å². The van der Waals surface area contributed by atoms with Gasteiger partial charge < -0.3 is 0 Å². The summed E-state index contributed by atoms with van der Waals surface area (Å²) >= 11 is 1.67. The molecule has 0 saturated carbocycles. The van der Waals surface area contributed by atoms with E-state index in [-0.39, 0.29) is 6.04 Å². The van der Waals surface area contributed by atoms with Crippen LogP contribution in [0.5, 0.6) is 0 Å². The van der Waals surface area contributed by atoms with Gasteiger partial charge in [-0.05, 0) is 12.8 Å². The molecule has 3 N–H and O–H groups in total. The average Bonchev–Trinajstić information content (AvgIpc) is 2.53. The highest BCUT2D eigenvalue weighted by atomic mass is 32.1. The first kappa shape index (κ1) is 10.6. The fourth-order valence-electron chi connectivity index (χ4n) is 1.30. The second-order valence-electron chi connectivity index (χ2n) is 3.32. The first-order valence-electron chi connectivity index (χ1n) is 4.57. The SMILES string of the molecule is CCC(C)C(NN)c1csc(C)n1. The Morgan fingerprint density at radius 3 is 2.77 bits per heavy atom. The van der Waals surface area contributed by atoms with Gasteiger partial charge >= 0.3 is 0 Å². The average molecular weight is 199 g/mol. The molecule has 74 valence electrons. The highest BCUT2D eigenvalue weighted by Gasteiger charge is 2.18. The smallest absolute Gasteiger partial charge is 0.0898 e. The van der Waals surface area contributed by atoms with Crippen LogP contribution in [0.3, 0.4) is 0 Å². The topological polar surface area (TPSA) is 50.9 Å². The Bertz CT molecular complexity index is 259. The summed E-state index contributed by atoms with van der Waals surface area (Å²) in [6, 6.07) is 0.190. The molecule has 0 saturated heterocycles. The van der Waals surface area contributed by atoms with Gasteiger partial charge in [0.2, 0.25) is 0 Å². The first-order chi connectivity index (χ1) is 6.19. The zero-order valence-electron chi connectivity index (χ0n) is 8.37. The van der Waals surface area contributed by atoms with Gasteiger partial charge in [-0.2, -0.15) is 0 Å². The molecule has 1 heterocycles. The van der Waals surface area contributed by atoms with E-state index < -0.39 is 0 Å². The van der Waals surface area contributed by atoms with Crippen LogP contribution in [0.1, 0.15) is 37.0 Å². The van der Waals surface area contributed by atoms with E-state index in [0.717, 1.165) is 17.1 Å². The summed E-state index contributed by atoms with van der Waals surface area (Å²) in [5.41, 5.74) is 3.90. The molecule has 0 spiro atoms. The Balaban J connectivity index is 2.77. The van der Waals surface area contributed by atoms with E-state index in [1.165, 1.54) is 0 Å². The van der Waals surface area contributed by atoms with Crippen molar-refractivity contribution in [3.05, 3.63) is 16.1 Å². The molecule has 0 fully saturated rings. The van der Waals surface area contributed by atoms with Crippen LogP contribution in [0.25, 0.3) is 0 Å². The minimum Gasteiger partial charge on any atom is -0.271 e. The maximum absolute atomic E-state index is 5.51. The second-order valence-corrected chi connectivity index (χ2v) is 4.38. The lowest BCUT2D eigenvalue weighted by molar-refractivity contribution is 0.376. The van der Waals surface area contributed by atoms with Gasteiger partial charge in [0.05, 0.1) is 16.7 Å². The lowest BCUT2D eigenvalue weighted by atomic mass is 9.98. The van der Waals surface area contributed by atoms with Crippen LogP contribution in [0.2, 0.25) is 0 Å². The molecule has 0 aliphatic heterocycles. The van der Waals surface area contributed by atoms with Crippen LogP contribution < -0.4 is 11.3 Å². The number of aryl methyl sites for hydroxylation is 1. The number of nitrogens with one attached hydrogen (secondary N) is 1. The molecule has 2 unspecified atom stereocenters. The Hall–Kier alpha value is -0.450. The molecule has 1 aromatic rings. The third kappa shape index (κ3) is 2.49. The standard InChI is InChI=1S/C9H17N3S/c1-4-6(2)9(12-10)8-5-13-7(3)11-8/h5-6,9,12H,4,10H2,1-3H3. The number of aromatic nitrogens is 1.